The molecule has 1 heterocycles. The fraction of sp³-hybridized carbons (Fsp3) is 0.333. The Morgan fingerprint density at radius 2 is 1.67 bits per heavy atom. The summed E-state index contributed by atoms with van der Waals surface area (Å²) in [4.78, 5) is 31.1. The molecule has 0 saturated heterocycles. The summed E-state index contributed by atoms with van der Waals surface area (Å²) in [6.07, 6.45) is 2.70. The number of carbonyl (C=O) groups is 2. The normalized spacial score (nSPS) is 10.6. The molecule has 0 aliphatic heterocycles. The van der Waals surface area contributed by atoms with Gasteiger partial charge in [-0.05, 0) is 47.5 Å². The molecular formula is C27H33N3O2S. The highest BCUT2D eigenvalue weighted by atomic mass is 32.1. The predicted molar refractivity (Wildman–Crippen MR) is 136 cm³/mol. The Morgan fingerprint density at radius 1 is 0.879 bits per heavy atom. The second-order valence-corrected chi connectivity index (χ2v) is 9.11. The lowest BCUT2D eigenvalue weighted by Gasteiger charge is -2.28. The van der Waals surface area contributed by atoms with Crippen LogP contribution < -0.4 is 5.32 Å². The maximum atomic E-state index is 13.4. The summed E-state index contributed by atoms with van der Waals surface area (Å²) < 4.78 is 0. The average molecular weight is 464 g/mol. The molecule has 3 rings (SSSR count). The molecule has 0 spiro atoms. The third-order valence-electron chi connectivity index (χ3n) is 5.48. The molecule has 2 aromatic carbocycles. The van der Waals surface area contributed by atoms with Crippen LogP contribution in [0.25, 0.3) is 0 Å². The predicted octanol–water partition coefficient (Wildman–Crippen LogP) is 6.17. The Morgan fingerprint density at radius 3 is 2.36 bits per heavy atom. The van der Waals surface area contributed by atoms with Crippen LogP contribution in [0.5, 0.6) is 0 Å². The summed E-state index contributed by atoms with van der Waals surface area (Å²) in [5.74, 6) is -0.0548. The van der Waals surface area contributed by atoms with Crippen LogP contribution in [-0.4, -0.2) is 34.8 Å². The van der Waals surface area contributed by atoms with E-state index in [9.17, 15) is 9.59 Å². The first-order chi connectivity index (χ1) is 16.1. The van der Waals surface area contributed by atoms with E-state index in [1.807, 2.05) is 77.0 Å². The van der Waals surface area contributed by atoms with Crippen molar-refractivity contribution < 1.29 is 9.59 Å². The van der Waals surface area contributed by atoms with Crippen LogP contribution in [0.4, 0.5) is 10.5 Å². The molecule has 0 atom stereocenters. The third-order valence-corrected chi connectivity index (χ3v) is 6.34. The Bertz CT molecular complexity index is 1010. The van der Waals surface area contributed by atoms with E-state index < -0.39 is 0 Å². The molecule has 5 nitrogen and oxygen atoms in total. The molecule has 174 valence electrons. The molecule has 0 aliphatic carbocycles. The fourth-order valence-corrected chi connectivity index (χ4v) is 4.28. The maximum Gasteiger partial charge on any atom is 0.322 e. The molecule has 6 heteroatoms. The quantitative estimate of drug-likeness (QED) is 0.369. The van der Waals surface area contributed by atoms with Crippen molar-refractivity contribution in [3.8, 4) is 0 Å². The standard InChI is InChI=1S/C27H33N3O2S/c1-3-5-16-29(27(32)28-24-14-9-13-22(4-2)18-24)21-26(31)30(20-25-15-10-17-33-25)19-23-11-7-6-8-12-23/h6-15,17-18H,3-5,16,19-21H2,1-2H3,(H,28,32). The number of hydrogen-bond donors (Lipinski definition) is 1. The Hall–Kier alpha value is -3.12. The lowest BCUT2D eigenvalue weighted by Crippen LogP contribution is -2.44. The van der Waals surface area contributed by atoms with Gasteiger partial charge in [-0.2, -0.15) is 0 Å². The molecular weight excluding hydrogens is 430 g/mol. The number of anilines is 1. The van der Waals surface area contributed by atoms with Crippen LogP contribution in [-0.2, 0) is 24.3 Å². The van der Waals surface area contributed by atoms with Crippen molar-refractivity contribution in [1.82, 2.24) is 9.80 Å². The number of hydrogen-bond acceptors (Lipinski definition) is 3. The lowest BCUT2D eigenvalue weighted by atomic mass is 10.1. The van der Waals surface area contributed by atoms with Crippen molar-refractivity contribution in [1.29, 1.82) is 0 Å². The third kappa shape index (κ3) is 7.75. The number of thiophene rings is 1. The van der Waals surface area contributed by atoms with Crippen LogP contribution in [0.2, 0.25) is 0 Å². The van der Waals surface area contributed by atoms with Gasteiger partial charge in [0.05, 0.1) is 6.54 Å². The van der Waals surface area contributed by atoms with Gasteiger partial charge in [0, 0.05) is 23.7 Å². The summed E-state index contributed by atoms with van der Waals surface area (Å²) in [7, 11) is 0. The van der Waals surface area contributed by atoms with Crippen LogP contribution in [0.3, 0.4) is 0 Å². The topological polar surface area (TPSA) is 52.7 Å². The van der Waals surface area contributed by atoms with Gasteiger partial charge in [-0.15, -0.1) is 11.3 Å². The molecule has 0 radical (unpaired) electrons. The van der Waals surface area contributed by atoms with Gasteiger partial charge < -0.3 is 15.1 Å². The van der Waals surface area contributed by atoms with Crippen LogP contribution in [0.1, 0.15) is 42.7 Å². The summed E-state index contributed by atoms with van der Waals surface area (Å²) in [6.45, 7) is 5.81. The van der Waals surface area contributed by atoms with Gasteiger partial charge in [-0.1, -0.05) is 68.8 Å². The van der Waals surface area contributed by atoms with E-state index in [-0.39, 0.29) is 18.5 Å². The van der Waals surface area contributed by atoms with E-state index in [1.54, 1.807) is 16.2 Å². The number of carbonyl (C=O) groups excluding carboxylic acids is 2. The van der Waals surface area contributed by atoms with E-state index in [4.69, 9.17) is 0 Å². The van der Waals surface area contributed by atoms with E-state index in [0.717, 1.165) is 41.0 Å². The van der Waals surface area contributed by atoms with Crippen molar-refractivity contribution in [2.45, 2.75) is 46.2 Å². The molecule has 1 N–H and O–H groups in total. The monoisotopic (exact) mass is 463 g/mol. The first-order valence-corrected chi connectivity index (χ1v) is 12.5. The lowest BCUT2D eigenvalue weighted by molar-refractivity contribution is -0.133. The minimum absolute atomic E-state index is 0.0531. The van der Waals surface area contributed by atoms with Crippen molar-refractivity contribution >= 4 is 29.0 Å². The Kier molecular flexibility index (Phi) is 9.51. The highest BCUT2D eigenvalue weighted by Gasteiger charge is 2.22. The highest BCUT2D eigenvalue weighted by Crippen LogP contribution is 2.16. The molecule has 0 unspecified atom stereocenters. The number of unbranched alkanes of at least 4 members (excludes halogenated alkanes) is 1. The summed E-state index contributed by atoms with van der Waals surface area (Å²) >= 11 is 1.64. The highest BCUT2D eigenvalue weighted by molar-refractivity contribution is 7.09. The summed E-state index contributed by atoms with van der Waals surface area (Å²) in [5.41, 5.74) is 2.99. The van der Waals surface area contributed by atoms with Crippen LogP contribution in [0.15, 0.2) is 72.1 Å². The summed E-state index contributed by atoms with van der Waals surface area (Å²) in [5, 5.41) is 5.00. The van der Waals surface area contributed by atoms with Gasteiger partial charge in [-0.3, -0.25) is 4.79 Å². The number of nitrogens with one attached hydrogen (secondary N) is 1. The minimum Gasteiger partial charge on any atom is -0.332 e. The van der Waals surface area contributed by atoms with Gasteiger partial charge >= 0.3 is 6.03 Å². The second kappa shape index (κ2) is 12.8. The maximum absolute atomic E-state index is 13.4. The molecule has 0 saturated carbocycles. The Labute approximate surface area is 201 Å². The smallest absolute Gasteiger partial charge is 0.322 e. The Balaban J connectivity index is 1.73. The SMILES string of the molecule is CCCCN(CC(=O)N(Cc1ccccc1)Cc1cccs1)C(=O)Nc1cccc(CC)c1. The zero-order valence-electron chi connectivity index (χ0n) is 19.5. The largest absolute Gasteiger partial charge is 0.332 e. The zero-order chi connectivity index (χ0) is 23.5. The van der Waals surface area contributed by atoms with Crippen molar-refractivity contribution in [2.75, 3.05) is 18.4 Å². The molecule has 0 fully saturated rings. The van der Waals surface area contributed by atoms with E-state index in [2.05, 4.69) is 19.2 Å². The zero-order valence-corrected chi connectivity index (χ0v) is 20.3. The van der Waals surface area contributed by atoms with Crippen molar-refractivity contribution in [3.05, 3.63) is 88.1 Å². The molecule has 3 amide bonds. The van der Waals surface area contributed by atoms with Crippen molar-refractivity contribution in [2.24, 2.45) is 0 Å². The molecule has 33 heavy (non-hydrogen) atoms. The fourth-order valence-electron chi connectivity index (χ4n) is 3.56. The first kappa shape index (κ1) is 24.5. The number of amides is 3. The van der Waals surface area contributed by atoms with Crippen molar-refractivity contribution in [3.63, 3.8) is 0 Å². The van der Waals surface area contributed by atoms with Crippen LogP contribution >= 0.6 is 11.3 Å². The number of rotatable bonds is 11. The average Bonchev–Trinajstić information content (AvgIpc) is 3.35. The molecule has 1 aromatic heterocycles. The minimum atomic E-state index is -0.235. The second-order valence-electron chi connectivity index (χ2n) is 8.07. The summed E-state index contributed by atoms with van der Waals surface area (Å²) in [6, 6.07) is 21.6. The van der Waals surface area contributed by atoms with Gasteiger partial charge in [0.1, 0.15) is 6.54 Å². The van der Waals surface area contributed by atoms with Gasteiger partial charge in [0.25, 0.3) is 0 Å². The number of nitrogens with zero attached hydrogens (tertiary/aromatic N) is 2. The molecule has 3 aromatic rings. The molecule has 0 bridgehead atoms. The van der Waals surface area contributed by atoms with E-state index >= 15 is 0 Å². The van der Waals surface area contributed by atoms with Gasteiger partial charge in [0.2, 0.25) is 5.91 Å². The van der Waals surface area contributed by atoms with E-state index in [0.29, 0.717) is 19.6 Å². The molecule has 0 aliphatic rings. The van der Waals surface area contributed by atoms with Gasteiger partial charge in [-0.25, -0.2) is 4.79 Å². The van der Waals surface area contributed by atoms with Crippen LogP contribution in [0, 0.1) is 0 Å². The number of benzene rings is 2. The number of aryl methyl sites for hydroxylation is 1. The first-order valence-electron chi connectivity index (χ1n) is 11.6. The number of urea groups is 1. The van der Waals surface area contributed by atoms with E-state index in [1.165, 1.54) is 0 Å². The van der Waals surface area contributed by atoms with Gasteiger partial charge in [0.15, 0.2) is 0 Å².